The third-order valence-corrected chi connectivity index (χ3v) is 5.22. The molecule has 0 unspecified atom stereocenters. The van der Waals surface area contributed by atoms with Crippen molar-refractivity contribution < 1.29 is 9.53 Å². The summed E-state index contributed by atoms with van der Waals surface area (Å²) < 4.78 is 5.24. The lowest BCUT2D eigenvalue weighted by molar-refractivity contribution is -0.113. The zero-order valence-corrected chi connectivity index (χ0v) is 17.1. The van der Waals surface area contributed by atoms with Crippen molar-refractivity contribution in [3.63, 3.8) is 0 Å². The zero-order chi connectivity index (χ0) is 20.4. The van der Waals surface area contributed by atoms with Crippen LogP contribution in [-0.4, -0.2) is 13.0 Å². The molecule has 0 fully saturated rings. The summed E-state index contributed by atoms with van der Waals surface area (Å²) in [7, 11) is 1.61. The Hall–Kier alpha value is -3.01. The van der Waals surface area contributed by atoms with Gasteiger partial charge in [0.25, 0.3) is 5.91 Å². The Morgan fingerprint density at radius 3 is 2.31 bits per heavy atom. The maximum absolute atomic E-state index is 13.3. The summed E-state index contributed by atoms with van der Waals surface area (Å²) in [4.78, 5) is 15.0. The number of amides is 1. The molecular formula is C24H17Cl2NO2. The fourth-order valence-electron chi connectivity index (χ4n) is 3.21. The van der Waals surface area contributed by atoms with Gasteiger partial charge in [0.15, 0.2) is 0 Å². The molecule has 0 aromatic heterocycles. The molecule has 0 saturated heterocycles. The van der Waals surface area contributed by atoms with Crippen LogP contribution in [0.1, 0.15) is 11.1 Å². The summed E-state index contributed by atoms with van der Waals surface area (Å²) >= 11 is 12.3. The van der Waals surface area contributed by atoms with E-state index in [4.69, 9.17) is 27.9 Å². The second kappa shape index (κ2) is 8.16. The zero-order valence-electron chi connectivity index (χ0n) is 15.6. The van der Waals surface area contributed by atoms with Gasteiger partial charge in [-0.1, -0.05) is 59.6 Å². The molecule has 0 radical (unpaired) electrons. The monoisotopic (exact) mass is 421 g/mol. The van der Waals surface area contributed by atoms with Crippen LogP contribution < -0.4 is 9.64 Å². The molecule has 3 aromatic rings. The van der Waals surface area contributed by atoms with Gasteiger partial charge in [0.2, 0.25) is 0 Å². The first kappa shape index (κ1) is 19.3. The van der Waals surface area contributed by atoms with E-state index < -0.39 is 0 Å². The van der Waals surface area contributed by atoms with Crippen molar-refractivity contribution in [2.24, 2.45) is 0 Å². The van der Waals surface area contributed by atoms with Gasteiger partial charge >= 0.3 is 0 Å². The van der Waals surface area contributed by atoms with Crippen LogP contribution in [0.3, 0.4) is 0 Å². The number of benzene rings is 3. The Morgan fingerprint density at radius 2 is 1.66 bits per heavy atom. The van der Waals surface area contributed by atoms with Crippen molar-refractivity contribution >= 4 is 46.6 Å². The first-order chi connectivity index (χ1) is 14.1. The molecule has 5 heteroatoms. The van der Waals surface area contributed by atoms with Crippen LogP contribution in [0, 0.1) is 0 Å². The average Bonchev–Trinajstić information content (AvgIpc) is 3.07. The smallest absolute Gasteiger partial charge is 0.262 e. The number of rotatable bonds is 4. The Morgan fingerprint density at radius 1 is 0.931 bits per heavy atom. The second-order valence-corrected chi connectivity index (χ2v) is 7.34. The molecule has 29 heavy (non-hydrogen) atoms. The lowest BCUT2D eigenvalue weighted by atomic mass is 10.1. The quantitative estimate of drug-likeness (QED) is 0.451. The summed E-state index contributed by atoms with van der Waals surface area (Å²) in [5.74, 6) is 0.606. The molecule has 1 heterocycles. The molecule has 3 aromatic carbocycles. The number of anilines is 1. The van der Waals surface area contributed by atoms with Crippen LogP contribution >= 0.6 is 23.2 Å². The van der Waals surface area contributed by atoms with Crippen molar-refractivity contribution in [2.45, 2.75) is 0 Å². The normalized spacial score (nSPS) is 15.0. The van der Waals surface area contributed by atoms with Gasteiger partial charge in [-0.2, -0.15) is 0 Å². The van der Waals surface area contributed by atoms with Crippen LogP contribution in [0.4, 0.5) is 5.69 Å². The predicted octanol–water partition coefficient (Wildman–Crippen LogP) is 6.47. The van der Waals surface area contributed by atoms with Crippen molar-refractivity contribution in [2.75, 3.05) is 12.0 Å². The largest absolute Gasteiger partial charge is 0.497 e. The number of hydrogen-bond donors (Lipinski definition) is 0. The Kier molecular flexibility index (Phi) is 5.43. The molecule has 1 aliphatic heterocycles. The van der Waals surface area contributed by atoms with Crippen molar-refractivity contribution in [3.8, 4) is 5.75 Å². The van der Waals surface area contributed by atoms with Crippen LogP contribution in [0.5, 0.6) is 5.75 Å². The number of methoxy groups -OCH3 is 1. The van der Waals surface area contributed by atoms with E-state index in [2.05, 4.69) is 0 Å². The maximum atomic E-state index is 13.3. The summed E-state index contributed by atoms with van der Waals surface area (Å²) in [5.41, 5.74) is 3.79. The summed E-state index contributed by atoms with van der Waals surface area (Å²) in [6.45, 7) is 0. The minimum absolute atomic E-state index is 0.125. The van der Waals surface area contributed by atoms with Crippen LogP contribution in [0.15, 0.2) is 84.4 Å². The van der Waals surface area contributed by atoms with Gasteiger partial charge in [0.05, 0.1) is 12.8 Å². The highest BCUT2D eigenvalue weighted by atomic mass is 35.5. The summed E-state index contributed by atoms with van der Waals surface area (Å²) in [5, 5.41) is 1.05. The van der Waals surface area contributed by atoms with Gasteiger partial charge < -0.3 is 4.74 Å². The Bertz CT molecular complexity index is 1120. The van der Waals surface area contributed by atoms with E-state index >= 15 is 0 Å². The minimum atomic E-state index is -0.125. The fraction of sp³-hybridized carbons (Fsp3) is 0.0417. The summed E-state index contributed by atoms with van der Waals surface area (Å²) in [6, 6.07) is 22.4. The lowest BCUT2D eigenvalue weighted by Gasteiger charge is -2.21. The molecule has 0 spiro atoms. The predicted molar refractivity (Wildman–Crippen MR) is 119 cm³/mol. The second-order valence-electron chi connectivity index (χ2n) is 6.50. The molecule has 0 N–H and O–H groups in total. The Balaban J connectivity index is 1.81. The molecule has 0 saturated carbocycles. The number of carbonyl (C=O) groups excluding carboxylic acids is 1. The van der Waals surface area contributed by atoms with Gasteiger partial charge in [0.1, 0.15) is 5.75 Å². The highest BCUT2D eigenvalue weighted by Gasteiger charge is 2.30. The molecule has 4 rings (SSSR count). The maximum Gasteiger partial charge on any atom is 0.262 e. The van der Waals surface area contributed by atoms with Crippen molar-refractivity contribution in [1.82, 2.24) is 0 Å². The van der Waals surface area contributed by atoms with E-state index in [1.165, 1.54) is 0 Å². The van der Waals surface area contributed by atoms with E-state index in [0.29, 0.717) is 15.6 Å². The lowest BCUT2D eigenvalue weighted by Crippen LogP contribution is -2.24. The summed E-state index contributed by atoms with van der Waals surface area (Å²) in [6.07, 6.45) is 3.67. The third-order valence-electron chi connectivity index (χ3n) is 4.66. The minimum Gasteiger partial charge on any atom is -0.497 e. The van der Waals surface area contributed by atoms with Gasteiger partial charge in [-0.05, 0) is 59.7 Å². The Labute approximate surface area is 179 Å². The van der Waals surface area contributed by atoms with E-state index in [1.54, 1.807) is 36.3 Å². The van der Waals surface area contributed by atoms with Crippen molar-refractivity contribution in [1.29, 1.82) is 0 Å². The van der Waals surface area contributed by atoms with E-state index in [-0.39, 0.29) is 5.91 Å². The first-order valence-corrected chi connectivity index (χ1v) is 9.75. The van der Waals surface area contributed by atoms with Gasteiger partial charge in [-0.3, -0.25) is 9.69 Å². The van der Waals surface area contributed by atoms with Crippen LogP contribution in [0.2, 0.25) is 10.0 Å². The molecular weight excluding hydrogens is 405 g/mol. The molecule has 0 aliphatic carbocycles. The number of ether oxygens (including phenoxy) is 1. The topological polar surface area (TPSA) is 29.5 Å². The highest BCUT2D eigenvalue weighted by molar-refractivity contribution is 6.35. The third kappa shape index (κ3) is 3.93. The van der Waals surface area contributed by atoms with Crippen molar-refractivity contribution in [3.05, 3.63) is 106 Å². The van der Waals surface area contributed by atoms with Gasteiger partial charge in [-0.25, -0.2) is 0 Å². The van der Waals surface area contributed by atoms with Crippen LogP contribution in [-0.2, 0) is 4.79 Å². The van der Waals surface area contributed by atoms with E-state index in [0.717, 1.165) is 28.3 Å². The molecule has 1 aliphatic rings. The van der Waals surface area contributed by atoms with E-state index in [9.17, 15) is 4.79 Å². The molecule has 0 bridgehead atoms. The molecule has 3 nitrogen and oxygen atoms in total. The first-order valence-electron chi connectivity index (χ1n) is 8.99. The van der Waals surface area contributed by atoms with Gasteiger partial charge in [-0.15, -0.1) is 0 Å². The molecule has 1 amide bonds. The SMILES string of the molecule is COc1ccc(N2C(=O)/C(=C/c3ccc(Cl)cc3Cl)C=C2c2ccccc2)cc1. The number of nitrogens with zero attached hydrogens (tertiary/aromatic N) is 1. The molecule has 0 atom stereocenters. The average molecular weight is 422 g/mol. The van der Waals surface area contributed by atoms with Gasteiger partial charge in [0, 0.05) is 21.3 Å². The van der Waals surface area contributed by atoms with Crippen LogP contribution in [0.25, 0.3) is 11.8 Å². The highest BCUT2D eigenvalue weighted by Crippen LogP contribution is 2.36. The number of halogens is 2. The number of carbonyl (C=O) groups is 1. The standard InChI is InChI=1S/C24H17Cl2NO2/c1-29-21-11-9-20(10-12-21)27-23(16-5-3-2-4-6-16)14-18(24(27)28)13-17-7-8-19(25)15-22(17)26/h2-15H,1H3/b18-13+. The van der Waals surface area contributed by atoms with E-state index in [1.807, 2.05) is 60.7 Å². The molecule has 144 valence electrons. The number of hydrogen-bond acceptors (Lipinski definition) is 2. The fourth-order valence-corrected chi connectivity index (χ4v) is 3.67.